The smallest absolute Gasteiger partial charge is 0.284 e. The van der Waals surface area contributed by atoms with Crippen LogP contribution in [-0.4, -0.2) is 25.5 Å². The highest BCUT2D eigenvalue weighted by molar-refractivity contribution is 6.30. The van der Waals surface area contributed by atoms with Gasteiger partial charge in [0.2, 0.25) is 0 Å². The number of carbonyl (C=O) groups excluding carboxylic acids is 1. The molecule has 0 aliphatic heterocycles. The first kappa shape index (κ1) is 15.0. The zero-order valence-electron chi connectivity index (χ0n) is 12.1. The number of nitrogens with zero attached hydrogens (tertiary/aromatic N) is 4. The molecule has 2 N–H and O–H groups in total. The Morgan fingerprint density at radius 2 is 1.96 bits per heavy atom. The number of primary amides is 1. The van der Waals surface area contributed by atoms with Gasteiger partial charge >= 0.3 is 0 Å². The van der Waals surface area contributed by atoms with Crippen molar-refractivity contribution in [1.82, 2.24) is 19.6 Å². The van der Waals surface area contributed by atoms with Crippen LogP contribution in [0.5, 0.6) is 0 Å². The van der Waals surface area contributed by atoms with Gasteiger partial charge in [-0.2, -0.15) is 14.9 Å². The van der Waals surface area contributed by atoms with Crippen LogP contribution >= 0.6 is 11.6 Å². The zero-order chi connectivity index (χ0) is 16.6. The third-order valence-corrected chi connectivity index (χ3v) is 3.50. The van der Waals surface area contributed by atoms with Crippen molar-refractivity contribution >= 4 is 17.5 Å². The van der Waals surface area contributed by atoms with E-state index in [9.17, 15) is 9.59 Å². The fourth-order valence-corrected chi connectivity index (χ4v) is 2.25. The molecule has 3 rings (SSSR count). The summed E-state index contributed by atoms with van der Waals surface area (Å²) in [5.74, 6) is -0.815. The molecule has 0 fully saturated rings. The number of carbonyl (C=O) groups is 1. The molecule has 116 valence electrons. The summed E-state index contributed by atoms with van der Waals surface area (Å²) in [5, 5.41) is 8.88. The molecule has 1 aromatic carbocycles. The first-order valence-electron chi connectivity index (χ1n) is 6.65. The summed E-state index contributed by atoms with van der Waals surface area (Å²) in [6.07, 6.45) is 3.09. The van der Waals surface area contributed by atoms with Crippen LogP contribution < -0.4 is 11.3 Å². The van der Waals surface area contributed by atoms with Gasteiger partial charge in [-0.3, -0.25) is 14.3 Å². The molecule has 0 aliphatic carbocycles. The number of halogens is 1. The largest absolute Gasteiger partial charge is 0.365 e. The van der Waals surface area contributed by atoms with Crippen LogP contribution in [0.4, 0.5) is 0 Å². The molecule has 23 heavy (non-hydrogen) atoms. The second-order valence-electron chi connectivity index (χ2n) is 4.90. The molecule has 0 saturated carbocycles. The molecule has 2 heterocycles. The van der Waals surface area contributed by atoms with Gasteiger partial charge < -0.3 is 5.73 Å². The maximum absolute atomic E-state index is 12.4. The van der Waals surface area contributed by atoms with E-state index in [1.165, 1.54) is 16.9 Å². The number of nitrogens with two attached hydrogens (primary N) is 1. The van der Waals surface area contributed by atoms with Crippen molar-refractivity contribution in [2.75, 3.05) is 0 Å². The second-order valence-corrected chi connectivity index (χ2v) is 5.34. The van der Waals surface area contributed by atoms with E-state index in [1.54, 1.807) is 37.5 Å². The highest BCUT2D eigenvalue weighted by Gasteiger charge is 2.16. The van der Waals surface area contributed by atoms with E-state index in [1.807, 2.05) is 0 Å². The number of amides is 1. The van der Waals surface area contributed by atoms with Crippen molar-refractivity contribution in [3.8, 4) is 16.9 Å². The minimum Gasteiger partial charge on any atom is -0.365 e. The highest BCUT2D eigenvalue weighted by atomic mass is 35.5. The molecular weight excluding hydrogens is 318 g/mol. The lowest BCUT2D eigenvalue weighted by molar-refractivity contribution is 0.0998. The summed E-state index contributed by atoms with van der Waals surface area (Å²) in [4.78, 5) is 24.0. The van der Waals surface area contributed by atoms with E-state index in [-0.39, 0.29) is 5.56 Å². The SMILES string of the molecule is Cn1cc(-n2nc(-c3ccc(Cl)cc3)cc(C(N)=O)c2=O)cn1. The normalized spacial score (nSPS) is 10.7. The van der Waals surface area contributed by atoms with Crippen molar-refractivity contribution < 1.29 is 4.79 Å². The quantitative estimate of drug-likeness (QED) is 0.785. The lowest BCUT2D eigenvalue weighted by atomic mass is 10.1. The molecule has 0 aliphatic rings. The van der Waals surface area contributed by atoms with Crippen LogP contribution in [0.1, 0.15) is 10.4 Å². The lowest BCUT2D eigenvalue weighted by Crippen LogP contribution is -2.30. The average molecular weight is 330 g/mol. The van der Waals surface area contributed by atoms with Gasteiger partial charge in [-0.1, -0.05) is 23.7 Å². The monoisotopic (exact) mass is 329 g/mol. The molecule has 0 spiro atoms. The lowest BCUT2D eigenvalue weighted by Gasteiger charge is -2.08. The van der Waals surface area contributed by atoms with Crippen molar-refractivity contribution in [1.29, 1.82) is 0 Å². The first-order chi connectivity index (χ1) is 11.0. The van der Waals surface area contributed by atoms with Gasteiger partial charge in [0.15, 0.2) is 0 Å². The molecule has 0 atom stereocenters. The number of hydrogen-bond donors (Lipinski definition) is 1. The maximum atomic E-state index is 12.4. The van der Waals surface area contributed by atoms with Gasteiger partial charge in [-0.05, 0) is 18.2 Å². The Balaban J connectivity index is 2.25. The average Bonchev–Trinajstić information content (AvgIpc) is 2.94. The van der Waals surface area contributed by atoms with Crippen molar-refractivity contribution in [3.63, 3.8) is 0 Å². The minimum absolute atomic E-state index is 0.145. The third kappa shape index (κ3) is 2.86. The molecule has 7 nitrogen and oxygen atoms in total. The Hall–Kier alpha value is -2.93. The summed E-state index contributed by atoms with van der Waals surface area (Å²) < 4.78 is 2.64. The van der Waals surface area contributed by atoms with Crippen LogP contribution in [0.3, 0.4) is 0 Å². The summed E-state index contributed by atoms with van der Waals surface area (Å²) in [6.45, 7) is 0. The molecule has 3 aromatic rings. The Bertz CT molecular complexity index is 943. The van der Waals surface area contributed by atoms with Crippen LogP contribution in [-0.2, 0) is 7.05 Å². The fourth-order valence-electron chi connectivity index (χ4n) is 2.13. The Morgan fingerprint density at radius 1 is 1.26 bits per heavy atom. The number of hydrogen-bond acceptors (Lipinski definition) is 4. The van der Waals surface area contributed by atoms with E-state index in [2.05, 4.69) is 10.2 Å². The van der Waals surface area contributed by atoms with Crippen molar-refractivity contribution in [2.24, 2.45) is 12.8 Å². The van der Waals surface area contributed by atoms with Gasteiger partial charge in [0.25, 0.3) is 11.5 Å². The maximum Gasteiger partial charge on any atom is 0.284 e. The Kier molecular flexibility index (Phi) is 3.71. The molecule has 0 bridgehead atoms. The molecule has 2 aromatic heterocycles. The van der Waals surface area contributed by atoms with Crippen LogP contribution in [0, 0.1) is 0 Å². The van der Waals surface area contributed by atoms with Gasteiger partial charge in [-0.25, -0.2) is 0 Å². The standard InChI is InChI=1S/C15H12ClN5O2/c1-20-8-11(7-18-20)21-15(23)12(14(17)22)6-13(19-21)9-2-4-10(16)5-3-9/h2-8H,1H3,(H2,17,22). The van der Waals surface area contributed by atoms with Crippen LogP contribution in [0.15, 0.2) is 47.5 Å². The Labute approximate surface area is 135 Å². The highest BCUT2D eigenvalue weighted by Crippen LogP contribution is 2.20. The van der Waals surface area contributed by atoms with Gasteiger partial charge in [0.1, 0.15) is 11.3 Å². The minimum atomic E-state index is -0.815. The second kappa shape index (κ2) is 5.69. The van der Waals surface area contributed by atoms with E-state index in [4.69, 9.17) is 17.3 Å². The first-order valence-corrected chi connectivity index (χ1v) is 7.02. The van der Waals surface area contributed by atoms with Gasteiger partial charge in [0, 0.05) is 17.6 Å². The van der Waals surface area contributed by atoms with E-state index >= 15 is 0 Å². The van der Waals surface area contributed by atoms with Crippen LogP contribution in [0.2, 0.25) is 5.02 Å². The summed E-state index contributed by atoms with van der Waals surface area (Å²) in [5.41, 5.74) is 6.15. The summed E-state index contributed by atoms with van der Waals surface area (Å²) >= 11 is 5.88. The van der Waals surface area contributed by atoms with Crippen LogP contribution in [0.25, 0.3) is 16.9 Å². The molecule has 0 saturated heterocycles. The predicted octanol–water partition coefficient (Wildman–Crippen LogP) is 1.39. The molecule has 8 heteroatoms. The molecular formula is C15H12ClN5O2. The Morgan fingerprint density at radius 3 is 2.52 bits per heavy atom. The van der Waals surface area contributed by atoms with E-state index < -0.39 is 11.5 Å². The third-order valence-electron chi connectivity index (χ3n) is 3.25. The molecule has 1 amide bonds. The fraction of sp³-hybridized carbons (Fsp3) is 0.0667. The van der Waals surface area contributed by atoms with E-state index in [0.717, 1.165) is 4.68 Å². The van der Waals surface area contributed by atoms with Gasteiger partial charge in [-0.15, -0.1) is 0 Å². The number of benzene rings is 1. The number of aromatic nitrogens is 4. The summed E-state index contributed by atoms with van der Waals surface area (Å²) in [7, 11) is 1.71. The molecule has 0 unspecified atom stereocenters. The number of rotatable bonds is 3. The predicted molar refractivity (Wildman–Crippen MR) is 85.6 cm³/mol. The zero-order valence-corrected chi connectivity index (χ0v) is 12.9. The molecule has 0 radical (unpaired) electrons. The summed E-state index contributed by atoms with van der Waals surface area (Å²) in [6, 6.07) is 8.26. The topological polar surface area (TPSA) is 95.8 Å². The van der Waals surface area contributed by atoms with E-state index in [0.29, 0.717) is 22.0 Å². The number of aryl methyl sites for hydroxylation is 1. The van der Waals surface area contributed by atoms with Crippen molar-refractivity contribution in [3.05, 3.63) is 63.7 Å². The van der Waals surface area contributed by atoms with Crippen molar-refractivity contribution in [2.45, 2.75) is 0 Å². The van der Waals surface area contributed by atoms with Gasteiger partial charge in [0.05, 0.1) is 18.1 Å².